The van der Waals surface area contributed by atoms with E-state index in [2.05, 4.69) is 32.7 Å². The fourth-order valence-corrected chi connectivity index (χ4v) is 4.26. The molecule has 33 heavy (non-hydrogen) atoms. The van der Waals surface area contributed by atoms with E-state index in [-0.39, 0.29) is 12.5 Å². The molecule has 0 radical (unpaired) electrons. The van der Waals surface area contributed by atoms with Crippen LogP contribution < -0.4 is 10.1 Å². The van der Waals surface area contributed by atoms with Gasteiger partial charge in [0.15, 0.2) is 6.61 Å². The van der Waals surface area contributed by atoms with E-state index < -0.39 is 0 Å². The number of hydrogen-bond donors (Lipinski definition) is 1. The summed E-state index contributed by atoms with van der Waals surface area (Å²) < 4.78 is 10.7. The maximum absolute atomic E-state index is 12.4. The van der Waals surface area contributed by atoms with Crippen molar-refractivity contribution in [1.82, 2.24) is 15.2 Å². The standard InChI is InChI=1S/C24H23ClN4O3S/c1-16-21(28-32-27-16)14-29(2)13-18-11-17(23-7-4-10-33-23)8-9-22(18)31-15-24(30)26-20-6-3-5-19(25)12-20/h3-12H,13-15H2,1-2H3,(H,26,30). The molecule has 2 aromatic carbocycles. The molecule has 0 spiro atoms. The van der Waals surface area contributed by atoms with E-state index in [9.17, 15) is 4.79 Å². The van der Waals surface area contributed by atoms with Crippen LogP contribution in [0.4, 0.5) is 5.69 Å². The maximum Gasteiger partial charge on any atom is 0.262 e. The minimum absolute atomic E-state index is 0.117. The van der Waals surface area contributed by atoms with E-state index in [1.165, 1.54) is 4.88 Å². The Kier molecular flexibility index (Phi) is 7.39. The third-order valence-electron chi connectivity index (χ3n) is 4.94. The first-order valence-electron chi connectivity index (χ1n) is 10.3. The third kappa shape index (κ3) is 6.19. The number of aromatic nitrogens is 2. The quantitative estimate of drug-likeness (QED) is 0.343. The van der Waals surface area contributed by atoms with Crippen LogP contribution in [0.3, 0.4) is 0 Å². The molecule has 170 valence electrons. The van der Waals surface area contributed by atoms with Crippen molar-refractivity contribution < 1.29 is 14.2 Å². The lowest BCUT2D eigenvalue weighted by atomic mass is 10.1. The summed E-state index contributed by atoms with van der Waals surface area (Å²) in [5.74, 6) is 0.390. The average Bonchev–Trinajstić information content (AvgIpc) is 3.45. The van der Waals surface area contributed by atoms with Gasteiger partial charge in [-0.3, -0.25) is 9.69 Å². The average molecular weight is 483 g/mol. The number of hydrogen-bond acceptors (Lipinski definition) is 7. The van der Waals surface area contributed by atoms with E-state index in [1.54, 1.807) is 35.6 Å². The lowest BCUT2D eigenvalue weighted by Gasteiger charge is -2.19. The van der Waals surface area contributed by atoms with E-state index in [0.29, 0.717) is 29.5 Å². The van der Waals surface area contributed by atoms with Gasteiger partial charge in [0, 0.05) is 34.2 Å². The van der Waals surface area contributed by atoms with Gasteiger partial charge in [-0.25, -0.2) is 4.63 Å². The minimum Gasteiger partial charge on any atom is -0.483 e. The zero-order chi connectivity index (χ0) is 23.2. The van der Waals surface area contributed by atoms with E-state index in [0.717, 1.165) is 22.5 Å². The molecule has 0 unspecified atom stereocenters. The topological polar surface area (TPSA) is 80.5 Å². The van der Waals surface area contributed by atoms with Gasteiger partial charge in [0.25, 0.3) is 5.91 Å². The number of nitrogens with one attached hydrogen (secondary N) is 1. The Labute approximate surface area is 200 Å². The molecule has 4 aromatic rings. The zero-order valence-corrected chi connectivity index (χ0v) is 19.8. The highest BCUT2D eigenvalue weighted by molar-refractivity contribution is 7.13. The van der Waals surface area contributed by atoms with Crippen molar-refractivity contribution in [1.29, 1.82) is 0 Å². The summed E-state index contributed by atoms with van der Waals surface area (Å²) in [6, 6.07) is 17.1. The molecular weight excluding hydrogens is 460 g/mol. The van der Waals surface area contributed by atoms with Gasteiger partial charge in [-0.1, -0.05) is 34.0 Å². The molecule has 0 aliphatic carbocycles. The van der Waals surface area contributed by atoms with Crippen molar-refractivity contribution >= 4 is 34.5 Å². The van der Waals surface area contributed by atoms with Crippen LogP contribution in [0.15, 0.2) is 64.6 Å². The largest absolute Gasteiger partial charge is 0.483 e. The summed E-state index contributed by atoms with van der Waals surface area (Å²) in [4.78, 5) is 15.7. The molecule has 1 N–H and O–H groups in total. The Hall–Kier alpha value is -3.20. The van der Waals surface area contributed by atoms with Gasteiger partial charge in [0.05, 0.1) is 0 Å². The number of aryl methyl sites for hydroxylation is 1. The van der Waals surface area contributed by atoms with E-state index >= 15 is 0 Å². The molecule has 2 heterocycles. The molecule has 0 saturated heterocycles. The van der Waals surface area contributed by atoms with Crippen LogP contribution in [0, 0.1) is 6.92 Å². The molecule has 0 aliphatic rings. The lowest BCUT2D eigenvalue weighted by Crippen LogP contribution is -2.22. The number of carbonyl (C=O) groups is 1. The number of nitrogens with zero attached hydrogens (tertiary/aromatic N) is 3. The smallest absolute Gasteiger partial charge is 0.262 e. The Morgan fingerprint density at radius 1 is 1.15 bits per heavy atom. The SMILES string of the molecule is Cc1nonc1CN(C)Cc1cc(-c2cccs2)ccc1OCC(=O)Nc1cccc(Cl)c1. The van der Waals surface area contributed by atoms with Crippen LogP contribution in [-0.4, -0.2) is 34.8 Å². The highest BCUT2D eigenvalue weighted by Gasteiger charge is 2.14. The fourth-order valence-electron chi connectivity index (χ4n) is 3.34. The monoisotopic (exact) mass is 482 g/mol. The van der Waals surface area contributed by atoms with Gasteiger partial charge >= 0.3 is 0 Å². The summed E-state index contributed by atoms with van der Waals surface area (Å²) in [6.07, 6.45) is 0. The predicted molar refractivity (Wildman–Crippen MR) is 130 cm³/mol. The second kappa shape index (κ2) is 10.6. The fraction of sp³-hybridized carbons (Fsp3) is 0.208. The second-order valence-corrected chi connectivity index (χ2v) is 9.00. The number of anilines is 1. The van der Waals surface area contributed by atoms with Gasteiger partial charge in [-0.2, -0.15) is 0 Å². The number of thiophene rings is 1. The third-order valence-corrected chi connectivity index (χ3v) is 6.09. The first kappa shape index (κ1) is 23.0. The van der Waals surface area contributed by atoms with E-state index in [1.807, 2.05) is 37.6 Å². The maximum atomic E-state index is 12.4. The zero-order valence-electron chi connectivity index (χ0n) is 18.2. The Morgan fingerprint density at radius 2 is 2.03 bits per heavy atom. The molecule has 0 aliphatic heterocycles. The molecular formula is C24H23ClN4O3S. The highest BCUT2D eigenvalue weighted by atomic mass is 35.5. The number of benzene rings is 2. The van der Waals surface area contributed by atoms with Crippen LogP contribution in [0.1, 0.15) is 17.0 Å². The summed E-state index contributed by atoms with van der Waals surface area (Å²) in [7, 11) is 1.99. The van der Waals surface area contributed by atoms with Crippen molar-refractivity contribution in [2.24, 2.45) is 0 Å². The number of halogens is 1. The highest BCUT2D eigenvalue weighted by Crippen LogP contribution is 2.30. The summed E-state index contributed by atoms with van der Waals surface area (Å²) in [5.41, 5.74) is 4.25. The number of carbonyl (C=O) groups excluding carboxylic acids is 1. The van der Waals surface area contributed by atoms with Crippen LogP contribution in [0.2, 0.25) is 5.02 Å². The Bertz CT molecular complexity index is 1230. The van der Waals surface area contributed by atoms with Gasteiger partial charge < -0.3 is 10.1 Å². The Morgan fingerprint density at radius 3 is 2.76 bits per heavy atom. The molecule has 0 fully saturated rings. The molecule has 2 aromatic heterocycles. The molecule has 0 bridgehead atoms. The lowest BCUT2D eigenvalue weighted by molar-refractivity contribution is -0.118. The van der Waals surface area contributed by atoms with Crippen LogP contribution in [0.5, 0.6) is 5.75 Å². The summed E-state index contributed by atoms with van der Waals surface area (Å²) in [5, 5.41) is 13.2. The van der Waals surface area contributed by atoms with Crippen molar-refractivity contribution in [2.45, 2.75) is 20.0 Å². The second-order valence-electron chi connectivity index (χ2n) is 7.62. The molecule has 4 rings (SSSR count). The molecule has 0 saturated carbocycles. The van der Waals surface area contributed by atoms with Gasteiger partial charge in [-0.05, 0) is 67.4 Å². The van der Waals surface area contributed by atoms with Crippen molar-refractivity contribution in [3.63, 3.8) is 0 Å². The van der Waals surface area contributed by atoms with Gasteiger partial charge in [-0.15, -0.1) is 11.3 Å². The van der Waals surface area contributed by atoms with E-state index in [4.69, 9.17) is 21.0 Å². The van der Waals surface area contributed by atoms with Gasteiger partial charge in [0.2, 0.25) is 0 Å². The van der Waals surface area contributed by atoms with Crippen molar-refractivity contribution in [2.75, 3.05) is 19.0 Å². The van der Waals surface area contributed by atoms with Crippen LogP contribution in [0.25, 0.3) is 10.4 Å². The molecule has 7 nitrogen and oxygen atoms in total. The van der Waals surface area contributed by atoms with Crippen molar-refractivity contribution in [3.05, 3.63) is 82.0 Å². The minimum atomic E-state index is -0.261. The van der Waals surface area contributed by atoms with Gasteiger partial charge in [0.1, 0.15) is 17.1 Å². The first-order chi connectivity index (χ1) is 16.0. The number of amides is 1. The molecule has 9 heteroatoms. The molecule has 0 atom stereocenters. The number of rotatable bonds is 9. The first-order valence-corrected chi connectivity index (χ1v) is 11.6. The van der Waals surface area contributed by atoms with Crippen LogP contribution >= 0.6 is 22.9 Å². The van der Waals surface area contributed by atoms with Crippen LogP contribution in [-0.2, 0) is 17.9 Å². The number of ether oxygens (including phenoxy) is 1. The summed E-state index contributed by atoms with van der Waals surface area (Å²) in [6.45, 7) is 2.92. The summed E-state index contributed by atoms with van der Waals surface area (Å²) >= 11 is 7.66. The normalized spacial score (nSPS) is 11.0. The molecule has 1 amide bonds. The Balaban J connectivity index is 1.48. The predicted octanol–water partition coefficient (Wildman–Crippen LogP) is 5.41. The van der Waals surface area contributed by atoms with Crippen molar-refractivity contribution in [3.8, 4) is 16.2 Å².